The van der Waals surface area contributed by atoms with E-state index in [1.165, 1.54) is 16.6 Å². The van der Waals surface area contributed by atoms with Gasteiger partial charge in [0.05, 0.1) is 40.3 Å². The number of rotatable bonds is 6. The molecule has 0 bridgehead atoms. The van der Waals surface area contributed by atoms with E-state index in [-0.39, 0.29) is 0 Å². The molecule has 278 valence electrons. The summed E-state index contributed by atoms with van der Waals surface area (Å²) in [6.45, 7) is 2.18. The second-order valence-electron chi connectivity index (χ2n) is 15.0. The standard InChI is InChI=1S/C53H36N6/c1-35-27-42(58-50-16-8-12-39(30-46(50)44-21-25-54-33-52(44)58)38-11-7-13-41(29-38)49-15-3-5-24-57-49)32-43(28-35)59-51-20-19-40(31-47(51)45-22-26-55-34-53(45)59)36-9-6-10-37(18-17-36)48-14-2-4-23-56-48/h2-15,18-34H,16H2,1H3. The van der Waals surface area contributed by atoms with Crippen molar-refractivity contribution in [3.8, 4) is 22.6 Å². The summed E-state index contributed by atoms with van der Waals surface area (Å²) in [6.07, 6.45) is 27.4. The Hall–Kier alpha value is -7.92. The van der Waals surface area contributed by atoms with Crippen molar-refractivity contribution >= 4 is 55.5 Å². The van der Waals surface area contributed by atoms with Crippen LogP contribution in [0.2, 0.25) is 0 Å². The van der Waals surface area contributed by atoms with Crippen molar-refractivity contribution in [2.24, 2.45) is 0 Å². The zero-order valence-electron chi connectivity index (χ0n) is 32.3. The Morgan fingerprint density at radius 3 is 2.15 bits per heavy atom. The maximum absolute atomic E-state index is 4.64. The van der Waals surface area contributed by atoms with Crippen molar-refractivity contribution in [2.45, 2.75) is 13.3 Å². The van der Waals surface area contributed by atoms with Gasteiger partial charge in [-0.25, -0.2) is 0 Å². The number of fused-ring (bicyclic) bond motifs is 6. The molecule has 0 aliphatic heterocycles. The van der Waals surface area contributed by atoms with Crippen LogP contribution in [0.1, 0.15) is 33.6 Å². The van der Waals surface area contributed by atoms with Gasteiger partial charge >= 0.3 is 0 Å². The van der Waals surface area contributed by atoms with Crippen LogP contribution in [0.5, 0.6) is 0 Å². The molecule has 0 saturated carbocycles. The van der Waals surface area contributed by atoms with Gasteiger partial charge in [-0.15, -0.1) is 5.73 Å². The summed E-state index contributed by atoms with van der Waals surface area (Å²) in [6, 6.07) is 38.5. The van der Waals surface area contributed by atoms with Crippen molar-refractivity contribution < 1.29 is 0 Å². The summed E-state index contributed by atoms with van der Waals surface area (Å²) < 4.78 is 4.75. The summed E-state index contributed by atoms with van der Waals surface area (Å²) in [4.78, 5) is 18.4. The summed E-state index contributed by atoms with van der Waals surface area (Å²) >= 11 is 0. The van der Waals surface area contributed by atoms with Crippen molar-refractivity contribution in [1.82, 2.24) is 29.1 Å². The topological polar surface area (TPSA) is 61.4 Å². The van der Waals surface area contributed by atoms with Gasteiger partial charge in [-0.05, 0) is 120 Å². The van der Waals surface area contributed by atoms with Crippen LogP contribution in [-0.4, -0.2) is 29.1 Å². The Balaban J connectivity index is 1.03. The summed E-state index contributed by atoms with van der Waals surface area (Å²) in [5, 5.41) is 3.48. The molecule has 2 aliphatic carbocycles. The minimum atomic E-state index is 0.771. The van der Waals surface area contributed by atoms with Crippen LogP contribution < -0.4 is 0 Å². The fraction of sp³-hybridized carbons (Fsp3) is 0.0377. The van der Waals surface area contributed by atoms with E-state index in [4.69, 9.17) is 0 Å². The zero-order chi connectivity index (χ0) is 39.3. The summed E-state index contributed by atoms with van der Waals surface area (Å²) in [7, 11) is 0. The molecular weight excluding hydrogens is 721 g/mol. The highest BCUT2D eigenvalue weighted by atomic mass is 15.0. The first-order valence-corrected chi connectivity index (χ1v) is 19.8. The lowest BCUT2D eigenvalue weighted by atomic mass is 9.99. The first kappa shape index (κ1) is 34.3. The molecule has 0 spiro atoms. The smallest absolute Gasteiger partial charge is 0.0724 e. The molecule has 0 fully saturated rings. The average molecular weight is 757 g/mol. The number of nitrogens with zero attached hydrogens (tertiary/aromatic N) is 6. The number of aromatic nitrogens is 6. The van der Waals surface area contributed by atoms with E-state index in [2.05, 4.69) is 157 Å². The first-order valence-electron chi connectivity index (χ1n) is 19.8. The molecule has 0 N–H and O–H groups in total. The van der Waals surface area contributed by atoms with Crippen LogP contribution in [0.3, 0.4) is 0 Å². The maximum atomic E-state index is 4.64. The van der Waals surface area contributed by atoms with Gasteiger partial charge in [0.2, 0.25) is 0 Å². The van der Waals surface area contributed by atoms with Gasteiger partial charge in [-0.1, -0.05) is 60.7 Å². The lowest BCUT2D eigenvalue weighted by Crippen LogP contribution is -2.03. The monoisotopic (exact) mass is 756 g/mol. The number of allylic oxidation sites excluding steroid dienone is 8. The molecule has 0 radical (unpaired) electrons. The fourth-order valence-corrected chi connectivity index (χ4v) is 8.63. The van der Waals surface area contributed by atoms with Crippen LogP contribution in [-0.2, 0) is 6.42 Å². The van der Waals surface area contributed by atoms with E-state index in [1.54, 1.807) is 0 Å². The van der Waals surface area contributed by atoms with Crippen LogP contribution in [0, 0.1) is 6.92 Å². The number of aryl methyl sites for hydroxylation is 1. The summed E-state index contributed by atoms with van der Waals surface area (Å²) in [5.74, 6) is 0. The number of hydrogen-bond acceptors (Lipinski definition) is 4. The molecule has 3 aromatic carbocycles. The fourth-order valence-electron chi connectivity index (χ4n) is 8.63. The minimum absolute atomic E-state index is 0.771. The SMILES string of the molecule is Cc1cc(-n2c3c(c4ccncc42)C=C(c2cccc(-c4ccccn4)c2)C=CC3)cc(-n2c3ccc(C4=C=CC(c5ccccn5)=CC=C4)cc3c3ccncc32)c1. The van der Waals surface area contributed by atoms with Gasteiger partial charge < -0.3 is 9.13 Å². The van der Waals surface area contributed by atoms with Gasteiger partial charge in [-0.2, -0.15) is 0 Å². The van der Waals surface area contributed by atoms with E-state index < -0.39 is 0 Å². The number of benzene rings is 3. The molecule has 0 saturated heterocycles. The Labute approximate surface area is 341 Å². The van der Waals surface area contributed by atoms with E-state index >= 15 is 0 Å². The van der Waals surface area contributed by atoms with E-state index in [0.717, 1.165) is 95.5 Å². The molecule has 9 aromatic rings. The Kier molecular flexibility index (Phi) is 8.28. The van der Waals surface area contributed by atoms with Crippen LogP contribution in [0.15, 0.2) is 189 Å². The third-order valence-corrected chi connectivity index (χ3v) is 11.3. The lowest BCUT2D eigenvalue weighted by molar-refractivity contribution is 0.992. The summed E-state index contributed by atoms with van der Waals surface area (Å²) in [5.41, 5.74) is 21.0. The van der Waals surface area contributed by atoms with Crippen molar-refractivity contribution in [2.75, 3.05) is 0 Å². The van der Waals surface area contributed by atoms with Gasteiger partial charge in [0.15, 0.2) is 0 Å². The Morgan fingerprint density at radius 2 is 1.34 bits per heavy atom. The predicted octanol–water partition coefficient (Wildman–Crippen LogP) is 12.1. The third-order valence-electron chi connectivity index (χ3n) is 11.3. The quantitative estimate of drug-likeness (QED) is 0.159. The Morgan fingerprint density at radius 1 is 0.576 bits per heavy atom. The van der Waals surface area contributed by atoms with Crippen LogP contribution in [0.25, 0.3) is 78.1 Å². The Bertz CT molecular complexity index is 3330. The van der Waals surface area contributed by atoms with Crippen LogP contribution >= 0.6 is 0 Å². The molecule has 11 rings (SSSR count). The van der Waals surface area contributed by atoms with Crippen molar-refractivity contribution in [3.63, 3.8) is 0 Å². The normalized spacial score (nSPS) is 13.6. The highest BCUT2D eigenvalue weighted by Crippen LogP contribution is 2.38. The number of pyridine rings is 4. The maximum Gasteiger partial charge on any atom is 0.0724 e. The van der Waals surface area contributed by atoms with E-state index in [0.29, 0.717) is 0 Å². The van der Waals surface area contributed by atoms with Crippen molar-refractivity contribution in [3.05, 3.63) is 222 Å². The highest BCUT2D eigenvalue weighted by Gasteiger charge is 2.21. The van der Waals surface area contributed by atoms with E-state index in [1.807, 2.05) is 73.6 Å². The van der Waals surface area contributed by atoms with Gasteiger partial charge in [0, 0.05) is 86.7 Å². The van der Waals surface area contributed by atoms with Gasteiger partial charge in [0.1, 0.15) is 0 Å². The molecule has 6 nitrogen and oxygen atoms in total. The molecule has 0 unspecified atom stereocenters. The molecule has 2 aliphatic rings. The molecule has 6 aromatic heterocycles. The zero-order valence-corrected chi connectivity index (χ0v) is 32.3. The second-order valence-corrected chi connectivity index (χ2v) is 15.0. The molecule has 6 heteroatoms. The largest absolute Gasteiger partial charge is 0.311 e. The lowest BCUT2D eigenvalue weighted by Gasteiger charge is -2.15. The number of hydrogen-bond donors (Lipinski definition) is 0. The third kappa shape index (κ3) is 6.07. The highest BCUT2D eigenvalue weighted by molar-refractivity contribution is 6.10. The molecular formula is C53H36N6. The second kappa shape index (κ2) is 14.2. The van der Waals surface area contributed by atoms with Crippen LogP contribution in [0.4, 0.5) is 0 Å². The van der Waals surface area contributed by atoms with Crippen molar-refractivity contribution in [1.29, 1.82) is 0 Å². The van der Waals surface area contributed by atoms with Gasteiger partial charge in [-0.3, -0.25) is 19.9 Å². The van der Waals surface area contributed by atoms with E-state index in [9.17, 15) is 0 Å². The average Bonchev–Trinajstić information content (AvgIpc) is 3.51. The molecule has 0 amide bonds. The first-order chi connectivity index (χ1) is 29.2. The minimum Gasteiger partial charge on any atom is -0.311 e. The van der Waals surface area contributed by atoms with Gasteiger partial charge in [0.25, 0.3) is 0 Å². The molecule has 6 heterocycles. The molecule has 59 heavy (non-hydrogen) atoms. The predicted molar refractivity (Wildman–Crippen MR) is 241 cm³/mol. The molecule has 0 atom stereocenters.